The zero-order valence-corrected chi connectivity index (χ0v) is 21.4. The highest BCUT2D eigenvalue weighted by Gasteiger charge is 2.39. The second kappa shape index (κ2) is 10.0. The van der Waals surface area contributed by atoms with Gasteiger partial charge in [-0.05, 0) is 86.5 Å². The number of aromatic nitrogens is 1. The summed E-state index contributed by atoms with van der Waals surface area (Å²) < 4.78 is 16.5. The molecule has 0 N–H and O–H groups in total. The largest absolute Gasteiger partial charge is 0.318 e. The van der Waals surface area contributed by atoms with Crippen molar-refractivity contribution in [2.45, 2.75) is 52.0 Å². The second-order valence-corrected chi connectivity index (χ2v) is 10.5. The molecule has 7 heteroatoms. The first-order valence-corrected chi connectivity index (χ1v) is 13.1. The van der Waals surface area contributed by atoms with Crippen molar-refractivity contribution in [2.24, 2.45) is 4.99 Å². The van der Waals surface area contributed by atoms with Crippen molar-refractivity contribution in [3.8, 4) is 5.69 Å². The number of carbonyl (C=O) groups excluding carboxylic acids is 1. The normalized spacial score (nSPS) is 19.3. The molecule has 180 valence electrons. The molecule has 1 amide bonds. The summed E-state index contributed by atoms with van der Waals surface area (Å²) in [5.74, 6) is -0.441. The molecule has 0 atom stereocenters. The quantitative estimate of drug-likeness (QED) is 0.337. The topological polar surface area (TPSA) is 37.6 Å². The Morgan fingerprint density at radius 3 is 2.57 bits per heavy atom. The van der Waals surface area contributed by atoms with Crippen LogP contribution in [0.5, 0.6) is 0 Å². The number of aryl methyl sites for hydroxylation is 1. The zero-order chi connectivity index (χ0) is 24.5. The van der Waals surface area contributed by atoms with Crippen LogP contribution in [-0.4, -0.2) is 26.6 Å². The Hall–Kier alpha value is -2.83. The number of thioether (sulfide) groups is 1. The van der Waals surface area contributed by atoms with Gasteiger partial charge in [0.15, 0.2) is 5.17 Å². The van der Waals surface area contributed by atoms with Gasteiger partial charge in [0.05, 0.1) is 4.91 Å². The van der Waals surface area contributed by atoms with Crippen molar-refractivity contribution in [3.05, 3.63) is 87.3 Å². The lowest BCUT2D eigenvalue weighted by molar-refractivity contribution is -0.124. The molecule has 3 aromatic rings. The number of para-hydroxylation sites is 1. The van der Waals surface area contributed by atoms with Crippen molar-refractivity contribution < 1.29 is 9.18 Å². The fourth-order valence-electron chi connectivity index (χ4n) is 4.96. The molecule has 1 saturated heterocycles. The maximum atomic E-state index is 14.4. The highest BCUT2D eigenvalue weighted by Crippen LogP contribution is 2.39. The highest BCUT2D eigenvalue weighted by atomic mass is 35.5. The van der Waals surface area contributed by atoms with Gasteiger partial charge in [-0.2, -0.15) is 0 Å². The molecule has 1 aliphatic carbocycles. The average Bonchev–Trinajstić information content (AvgIpc) is 3.30. The Morgan fingerprint density at radius 1 is 1.06 bits per heavy atom. The number of carbonyl (C=O) groups is 1. The van der Waals surface area contributed by atoms with Gasteiger partial charge < -0.3 is 4.57 Å². The molecule has 2 aliphatic rings. The van der Waals surface area contributed by atoms with E-state index < -0.39 is 0 Å². The minimum Gasteiger partial charge on any atom is -0.318 e. The predicted octanol–water partition coefficient (Wildman–Crippen LogP) is 7.82. The van der Waals surface area contributed by atoms with E-state index in [0.717, 1.165) is 48.3 Å². The number of aliphatic imine (C=N–C) groups is 1. The van der Waals surface area contributed by atoms with Gasteiger partial charge in [0, 0.05) is 28.1 Å². The first-order chi connectivity index (χ1) is 16.9. The molecule has 35 heavy (non-hydrogen) atoms. The minimum absolute atomic E-state index is 0.0513. The van der Waals surface area contributed by atoms with Crippen molar-refractivity contribution >= 4 is 46.2 Å². The summed E-state index contributed by atoms with van der Waals surface area (Å²) in [5, 5.41) is 1.23. The summed E-state index contributed by atoms with van der Waals surface area (Å²) in [6.45, 7) is 4.08. The lowest BCUT2D eigenvalue weighted by atomic mass is 9.94. The number of hydrogen-bond acceptors (Lipinski definition) is 3. The van der Waals surface area contributed by atoms with E-state index in [1.54, 1.807) is 23.1 Å². The Morgan fingerprint density at radius 2 is 1.83 bits per heavy atom. The van der Waals surface area contributed by atoms with Gasteiger partial charge in [-0.25, -0.2) is 9.38 Å². The van der Waals surface area contributed by atoms with E-state index in [4.69, 9.17) is 11.6 Å². The summed E-state index contributed by atoms with van der Waals surface area (Å²) in [4.78, 5) is 20.7. The average molecular weight is 508 g/mol. The Labute approximate surface area is 214 Å². The van der Waals surface area contributed by atoms with Gasteiger partial charge in [-0.1, -0.05) is 49.1 Å². The standard InChI is InChI=1S/C28H27ClFN3OS/c1-18-15-20(19(2)32(18)23-12-8-9-21(29)17-23)16-26-27(34)33(22-10-4-3-5-11-22)28(35-26)31-25-14-7-6-13-24(25)30/h6-9,12-17,22H,3-5,10-11H2,1-2H3/b26-16-,31-28?. The van der Waals surface area contributed by atoms with Crippen LogP contribution in [0.25, 0.3) is 11.8 Å². The number of benzene rings is 2. The monoisotopic (exact) mass is 507 g/mol. The Kier molecular flexibility index (Phi) is 6.85. The molecular formula is C28H27ClFN3OS. The van der Waals surface area contributed by atoms with Crippen LogP contribution < -0.4 is 0 Å². The van der Waals surface area contributed by atoms with E-state index in [2.05, 4.69) is 15.6 Å². The van der Waals surface area contributed by atoms with Gasteiger partial charge in [-0.3, -0.25) is 9.69 Å². The molecule has 1 aliphatic heterocycles. The van der Waals surface area contributed by atoms with E-state index in [1.807, 2.05) is 44.2 Å². The molecule has 0 unspecified atom stereocenters. The fraction of sp³-hybridized carbons (Fsp3) is 0.286. The molecule has 2 fully saturated rings. The lowest BCUT2D eigenvalue weighted by Crippen LogP contribution is -2.40. The minimum atomic E-state index is -0.390. The first kappa shape index (κ1) is 23.9. The van der Waals surface area contributed by atoms with Gasteiger partial charge >= 0.3 is 0 Å². The van der Waals surface area contributed by atoms with E-state index in [9.17, 15) is 9.18 Å². The van der Waals surface area contributed by atoms with Gasteiger partial charge in [-0.15, -0.1) is 0 Å². The Balaban J connectivity index is 1.54. The van der Waals surface area contributed by atoms with Gasteiger partial charge in [0.25, 0.3) is 5.91 Å². The van der Waals surface area contributed by atoms with Gasteiger partial charge in [0.1, 0.15) is 11.5 Å². The summed E-state index contributed by atoms with van der Waals surface area (Å²) >= 11 is 7.56. The van der Waals surface area contributed by atoms with E-state index in [1.165, 1.54) is 24.2 Å². The van der Waals surface area contributed by atoms with Crippen LogP contribution in [0, 0.1) is 19.7 Å². The summed E-state index contributed by atoms with van der Waals surface area (Å²) in [6.07, 6.45) is 7.19. The number of nitrogens with zero attached hydrogens (tertiary/aromatic N) is 3. The summed E-state index contributed by atoms with van der Waals surface area (Å²) in [7, 11) is 0. The maximum Gasteiger partial charge on any atom is 0.267 e. The predicted molar refractivity (Wildman–Crippen MR) is 143 cm³/mol. The number of rotatable bonds is 4. The molecule has 0 radical (unpaired) electrons. The van der Waals surface area contributed by atoms with Crippen LogP contribution in [-0.2, 0) is 4.79 Å². The van der Waals surface area contributed by atoms with Crippen LogP contribution in [0.1, 0.15) is 49.1 Å². The SMILES string of the molecule is Cc1cc(/C=C2\SC(=Nc3ccccc3F)N(C3CCCCC3)C2=O)c(C)n1-c1cccc(Cl)c1. The van der Waals surface area contributed by atoms with Crippen LogP contribution >= 0.6 is 23.4 Å². The molecule has 1 saturated carbocycles. The van der Waals surface area contributed by atoms with Crippen molar-refractivity contribution in [2.75, 3.05) is 0 Å². The van der Waals surface area contributed by atoms with E-state index in [0.29, 0.717) is 15.1 Å². The zero-order valence-electron chi connectivity index (χ0n) is 19.8. The third-order valence-corrected chi connectivity index (χ3v) is 7.89. The van der Waals surface area contributed by atoms with E-state index >= 15 is 0 Å². The third-order valence-electron chi connectivity index (χ3n) is 6.67. The second-order valence-electron chi connectivity index (χ2n) is 9.07. The number of halogens is 2. The van der Waals surface area contributed by atoms with Crippen LogP contribution in [0.3, 0.4) is 0 Å². The summed E-state index contributed by atoms with van der Waals surface area (Å²) in [5.41, 5.74) is 4.28. The molecule has 0 bridgehead atoms. The molecule has 5 rings (SSSR count). The van der Waals surface area contributed by atoms with Crippen molar-refractivity contribution in [1.82, 2.24) is 9.47 Å². The van der Waals surface area contributed by atoms with E-state index in [-0.39, 0.29) is 23.5 Å². The molecule has 0 spiro atoms. The smallest absolute Gasteiger partial charge is 0.267 e. The summed E-state index contributed by atoms with van der Waals surface area (Å²) in [6, 6.07) is 16.3. The number of hydrogen-bond donors (Lipinski definition) is 0. The van der Waals surface area contributed by atoms with Gasteiger partial charge in [0.2, 0.25) is 0 Å². The molecule has 2 aromatic carbocycles. The molecular weight excluding hydrogens is 481 g/mol. The lowest BCUT2D eigenvalue weighted by Gasteiger charge is -2.30. The van der Waals surface area contributed by atoms with Crippen molar-refractivity contribution in [1.29, 1.82) is 0 Å². The molecule has 2 heterocycles. The van der Waals surface area contributed by atoms with Crippen LogP contribution in [0.2, 0.25) is 5.02 Å². The van der Waals surface area contributed by atoms with Crippen molar-refractivity contribution in [3.63, 3.8) is 0 Å². The number of amides is 1. The molecule has 4 nitrogen and oxygen atoms in total. The van der Waals surface area contributed by atoms with Crippen LogP contribution in [0.15, 0.2) is 64.5 Å². The number of amidine groups is 1. The third kappa shape index (κ3) is 4.82. The van der Waals surface area contributed by atoms with Crippen LogP contribution in [0.4, 0.5) is 10.1 Å². The Bertz CT molecular complexity index is 1340. The fourth-order valence-corrected chi connectivity index (χ4v) is 6.19. The maximum absolute atomic E-state index is 14.4. The molecule has 1 aromatic heterocycles. The first-order valence-electron chi connectivity index (χ1n) is 11.9. The highest BCUT2D eigenvalue weighted by molar-refractivity contribution is 8.18.